The number of para-hydroxylation sites is 1. The number of aromatic nitrogens is 3. The van der Waals surface area contributed by atoms with Crippen molar-refractivity contribution in [2.75, 3.05) is 19.5 Å². The van der Waals surface area contributed by atoms with E-state index in [1.165, 1.54) is 24.6 Å². The molecule has 0 spiro atoms. The van der Waals surface area contributed by atoms with Crippen LogP contribution in [0.4, 0.5) is 0 Å². The average Bonchev–Trinajstić information content (AvgIpc) is 3.50. The largest absolute Gasteiger partial charge is 0.383 e. The molecule has 158 valence electrons. The van der Waals surface area contributed by atoms with Crippen molar-refractivity contribution in [3.8, 4) is 0 Å². The monoisotopic (exact) mass is 425 g/mol. The molecule has 0 N–H and O–H groups in total. The van der Waals surface area contributed by atoms with E-state index in [0.29, 0.717) is 28.7 Å². The van der Waals surface area contributed by atoms with Crippen LogP contribution in [0.25, 0.3) is 10.9 Å². The van der Waals surface area contributed by atoms with Gasteiger partial charge in [0.25, 0.3) is 5.56 Å². The molecule has 2 heterocycles. The molecule has 6 nitrogen and oxygen atoms in total. The summed E-state index contributed by atoms with van der Waals surface area (Å²) < 4.78 is 9.20. The molecule has 7 heteroatoms. The number of carbonyl (C=O) groups excluding carboxylic acids is 1. The van der Waals surface area contributed by atoms with Crippen LogP contribution in [0.2, 0.25) is 0 Å². The van der Waals surface area contributed by atoms with Crippen LogP contribution in [0.15, 0.2) is 40.3 Å². The standard InChI is InChI=1S/C23H27N3O3S/c1-14-11-19(16(3)25(14)17-9-10-17)21(27)13-30-23-24-20-8-6-5-7-18(20)22(28)26(23)15(2)12-29-4/h5-8,11,15,17H,9-10,12-13H2,1-4H3/t15-/m0/s1. The van der Waals surface area contributed by atoms with Gasteiger partial charge in [0, 0.05) is 30.1 Å². The lowest BCUT2D eigenvalue weighted by Crippen LogP contribution is -2.28. The van der Waals surface area contributed by atoms with Crippen molar-refractivity contribution >= 4 is 28.4 Å². The highest BCUT2D eigenvalue weighted by Crippen LogP contribution is 2.38. The van der Waals surface area contributed by atoms with Gasteiger partial charge in [-0.05, 0) is 51.8 Å². The van der Waals surface area contributed by atoms with Gasteiger partial charge in [-0.1, -0.05) is 23.9 Å². The highest BCUT2D eigenvalue weighted by Gasteiger charge is 2.28. The van der Waals surface area contributed by atoms with Gasteiger partial charge in [-0.25, -0.2) is 4.98 Å². The number of hydrogen-bond acceptors (Lipinski definition) is 5. The first-order valence-electron chi connectivity index (χ1n) is 10.3. The van der Waals surface area contributed by atoms with E-state index in [-0.39, 0.29) is 23.1 Å². The zero-order valence-electron chi connectivity index (χ0n) is 17.8. The zero-order valence-corrected chi connectivity index (χ0v) is 18.7. The number of rotatable bonds is 8. The average molecular weight is 426 g/mol. The Morgan fingerprint density at radius 2 is 2.03 bits per heavy atom. The highest BCUT2D eigenvalue weighted by atomic mass is 32.2. The Morgan fingerprint density at radius 1 is 1.30 bits per heavy atom. The van der Waals surface area contributed by atoms with Crippen molar-refractivity contribution < 1.29 is 9.53 Å². The number of fused-ring (bicyclic) bond motifs is 1. The van der Waals surface area contributed by atoms with E-state index in [2.05, 4.69) is 11.5 Å². The van der Waals surface area contributed by atoms with Crippen LogP contribution in [0, 0.1) is 13.8 Å². The van der Waals surface area contributed by atoms with Crippen LogP contribution in [0.3, 0.4) is 0 Å². The van der Waals surface area contributed by atoms with E-state index in [1.54, 1.807) is 17.7 Å². The maximum absolute atomic E-state index is 13.1. The maximum Gasteiger partial charge on any atom is 0.262 e. The number of ether oxygens (including phenoxy) is 1. The summed E-state index contributed by atoms with van der Waals surface area (Å²) in [6, 6.07) is 9.67. The number of thioether (sulfide) groups is 1. The summed E-state index contributed by atoms with van der Waals surface area (Å²) in [7, 11) is 1.61. The Hall–Kier alpha value is -2.38. The Labute approximate surface area is 180 Å². The summed E-state index contributed by atoms with van der Waals surface area (Å²) in [4.78, 5) is 30.9. The van der Waals surface area contributed by atoms with E-state index < -0.39 is 0 Å². The van der Waals surface area contributed by atoms with Crippen LogP contribution < -0.4 is 5.56 Å². The lowest BCUT2D eigenvalue weighted by atomic mass is 10.2. The quantitative estimate of drug-likeness (QED) is 0.305. The summed E-state index contributed by atoms with van der Waals surface area (Å²) in [5.41, 5.74) is 3.48. The fourth-order valence-electron chi connectivity index (χ4n) is 4.09. The predicted octanol–water partition coefficient (Wildman–Crippen LogP) is 4.33. The third kappa shape index (κ3) is 3.84. The molecule has 1 aliphatic rings. The first-order valence-corrected chi connectivity index (χ1v) is 11.3. The molecule has 30 heavy (non-hydrogen) atoms. The third-order valence-corrected chi connectivity index (χ3v) is 6.61. The SMILES string of the molecule is COC[C@H](C)n1c(SCC(=O)c2cc(C)n(C3CC3)c2C)nc2ccccc2c1=O. The van der Waals surface area contributed by atoms with Crippen LogP contribution in [0.1, 0.15) is 53.6 Å². The van der Waals surface area contributed by atoms with Crippen molar-refractivity contribution in [2.24, 2.45) is 0 Å². The van der Waals surface area contributed by atoms with Gasteiger partial charge in [-0.2, -0.15) is 0 Å². The van der Waals surface area contributed by atoms with Gasteiger partial charge in [0.2, 0.25) is 0 Å². The molecule has 0 bridgehead atoms. The summed E-state index contributed by atoms with van der Waals surface area (Å²) >= 11 is 1.32. The Kier molecular flexibility index (Phi) is 5.84. The van der Waals surface area contributed by atoms with Gasteiger partial charge in [0.05, 0.1) is 29.3 Å². The Morgan fingerprint density at radius 3 is 2.73 bits per heavy atom. The topological polar surface area (TPSA) is 66.1 Å². The van der Waals surface area contributed by atoms with Crippen molar-refractivity contribution in [3.05, 3.63) is 57.6 Å². The fraction of sp³-hybridized carbons (Fsp3) is 0.435. The molecule has 3 aromatic rings. The Balaban J connectivity index is 1.65. The number of ketones is 1. The minimum atomic E-state index is -0.183. The van der Waals surface area contributed by atoms with E-state index in [4.69, 9.17) is 9.72 Å². The van der Waals surface area contributed by atoms with Crippen LogP contribution in [-0.2, 0) is 4.74 Å². The van der Waals surface area contributed by atoms with Crippen LogP contribution in [0.5, 0.6) is 0 Å². The lowest BCUT2D eigenvalue weighted by molar-refractivity contribution is 0.102. The first-order chi connectivity index (χ1) is 14.4. The van der Waals surface area contributed by atoms with E-state index in [1.807, 2.05) is 38.1 Å². The zero-order chi connectivity index (χ0) is 21.4. The molecule has 0 amide bonds. The Bertz CT molecular complexity index is 1160. The number of hydrogen-bond donors (Lipinski definition) is 0. The number of benzene rings is 1. The number of aryl methyl sites for hydroxylation is 1. The number of methoxy groups -OCH3 is 1. The summed E-state index contributed by atoms with van der Waals surface area (Å²) in [6.07, 6.45) is 2.37. The molecular formula is C23H27N3O3S. The molecule has 4 rings (SSSR count). The highest BCUT2D eigenvalue weighted by molar-refractivity contribution is 7.99. The first kappa shape index (κ1) is 20.9. The van der Waals surface area contributed by atoms with Crippen molar-refractivity contribution in [1.29, 1.82) is 0 Å². The van der Waals surface area contributed by atoms with Crippen molar-refractivity contribution in [1.82, 2.24) is 14.1 Å². The van der Waals surface area contributed by atoms with Crippen molar-refractivity contribution in [3.63, 3.8) is 0 Å². The van der Waals surface area contributed by atoms with E-state index >= 15 is 0 Å². The minimum absolute atomic E-state index is 0.0633. The van der Waals surface area contributed by atoms with Gasteiger partial charge >= 0.3 is 0 Å². The lowest BCUT2D eigenvalue weighted by Gasteiger charge is -2.18. The van der Waals surface area contributed by atoms with E-state index in [9.17, 15) is 9.59 Å². The second-order valence-corrected chi connectivity index (χ2v) is 8.93. The smallest absolute Gasteiger partial charge is 0.262 e. The second-order valence-electron chi connectivity index (χ2n) is 7.99. The van der Waals surface area contributed by atoms with E-state index in [0.717, 1.165) is 17.0 Å². The van der Waals surface area contributed by atoms with Crippen molar-refractivity contribution in [2.45, 2.75) is 50.9 Å². The van der Waals surface area contributed by atoms with Gasteiger partial charge in [0.15, 0.2) is 10.9 Å². The normalized spacial score (nSPS) is 14.9. The number of carbonyl (C=O) groups is 1. The third-order valence-electron chi connectivity index (χ3n) is 5.65. The molecule has 1 fully saturated rings. The summed E-state index contributed by atoms with van der Waals surface area (Å²) in [6.45, 7) is 6.40. The number of Topliss-reactive ketones (excluding diaryl/α,β-unsaturated/α-hetero) is 1. The van der Waals surface area contributed by atoms with Gasteiger partial charge < -0.3 is 9.30 Å². The summed E-state index contributed by atoms with van der Waals surface area (Å²) in [5, 5.41) is 1.12. The molecule has 0 radical (unpaired) electrons. The molecule has 0 unspecified atom stereocenters. The van der Waals surface area contributed by atoms with Crippen LogP contribution in [-0.4, -0.2) is 39.4 Å². The molecule has 1 atom stereocenters. The molecule has 0 aliphatic heterocycles. The molecule has 1 saturated carbocycles. The van der Waals surface area contributed by atoms with Gasteiger partial charge in [-0.15, -0.1) is 0 Å². The molecule has 2 aromatic heterocycles. The fourth-order valence-corrected chi connectivity index (χ4v) is 5.07. The molecule has 1 aliphatic carbocycles. The molecule has 0 saturated heterocycles. The maximum atomic E-state index is 13.1. The van der Waals surface area contributed by atoms with Crippen LogP contribution >= 0.6 is 11.8 Å². The number of nitrogens with zero attached hydrogens (tertiary/aromatic N) is 3. The molecule has 1 aromatic carbocycles. The molecular weight excluding hydrogens is 398 g/mol. The second kappa shape index (κ2) is 8.40. The predicted molar refractivity (Wildman–Crippen MR) is 120 cm³/mol. The minimum Gasteiger partial charge on any atom is -0.383 e. The summed E-state index contributed by atoms with van der Waals surface area (Å²) in [5.74, 6) is 0.299. The van der Waals surface area contributed by atoms with Gasteiger partial charge in [0.1, 0.15) is 0 Å². The van der Waals surface area contributed by atoms with Gasteiger partial charge in [-0.3, -0.25) is 14.2 Å².